The molecule has 1 N–H and O–H groups in total. The molecule has 2 rings (SSSR count). The van der Waals surface area contributed by atoms with Gasteiger partial charge >= 0.3 is 6.18 Å². The average molecular weight is 349 g/mol. The van der Waals surface area contributed by atoms with Crippen molar-refractivity contribution in [3.05, 3.63) is 58.1 Å². The molecule has 0 bridgehead atoms. The summed E-state index contributed by atoms with van der Waals surface area (Å²) in [6.45, 7) is 0.287. The second-order valence-corrected chi connectivity index (χ2v) is 4.97. The number of rotatable bonds is 3. The van der Waals surface area contributed by atoms with Gasteiger partial charge in [0.25, 0.3) is 0 Å². The van der Waals surface area contributed by atoms with Crippen molar-refractivity contribution < 1.29 is 17.6 Å². The van der Waals surface area contributed by atoms with E-state index >= 15 is 0 Å². The molecular weight excluding hydrogens is 340 g/mol. The van der Waals surface area contributed by atoms with E-state index in [0.717, 1.165) is 22.2 Å². The molecule has 20 heavy (non-hydrogen) atoms. The topological polar surface area (TPSA) is 24.9 Å². The molecule has 2 nitrogen and oxygen atoms in total. The lowest BCUT2D eigenvalue weighted by Gasteiger charge is -2.11. The van der Waals surface area contributed by atoms with Crippen LogP contribution in [0.4, 0.5) is 23.2 Å². The van der Waals surface area contributed by atoms with Gasteiger partial charge < -0.3 is 5.32 Å². The van der Waals surface area contributed by atoms with E-state index in [1.807, 2.05) is 0 Å². The monoisotopic (exact) mass is 348 g/mol. The van der Waals surface area contributed by atoms with Gasteiger partial charge in [-0.1, -0.05) is 0 Å². The number of nitrogens with one attached hydrogen (secondary N) is 1. The van der Waals surface area contributed by atoms with Crippen molar-refractivity contribution >= 4 is 21.6 Å². The van der Waals surface area contributed by atoms with Gasteiger partial charge in [0.2, 0.25) is 0 Å². The van der Waals surface area contributed by atoms with Crippen molar-refractivity contribution in [3.63, 3.8) is 0 Å². The Morgan fingerprint density at radius 3 is 2.55 bits per heavy atom. The number of pyridine rings is 1. The molecule has 1 aromatic carbocycles. The molecule has 0 amide bonds. The summed E-state index contributed by atoms with van der Waals surface area (Å²) >= 11 is 3.25. The number of halogens is 5. The summed E-state index contributed by atoms with van der Waals surface area (Å²) in [5, 5.41) is 2.80. The van der Waals surface area contributed by atoms with Crippen LogP contribution in [0, 0.1) is 5.82 Å². The van der Waals surface area contributed by atoms with Crippen molar-refractivity contribution in [2.75, 3.05) is 5.32 Å². The maximum atomic E-state index is 13.1. The number of benzene rings is 1. The molecule has 0 unspecified atom stereocenters. The van der Waals surface area contributed by atoms with Crippen LogP contribution in [0.25, 0.3) is 0 Å². The Balaban J connectivity index is 2.14. The lowest BCUT2D eigenvalue weighted by Crippen LogP contribution is -2.09. The molecular formula is C13H9BrF4N2. The van der Waals surface area contributed by atoms with Gasteiger partial charge in [0.15, 0.2) is 0 Å². The van der Waals surface area contributed by atoms with Gasteiger partial charge in [-0.2, -0.15) is 13.2 Å². The van der Waals surface area contributed by atoms with E-state index in [1.165, 1.54) is 6.07 Å². The molecule has 0 aliphatic rings. The molecule has 0 fully saturated rings. The summed E-state index contributed by atoms with van der Waals surface area (Å²) in [5.41, 5.74) is -0.300. The van der Waals surface area contributed by atoms with Gasteiger partial charge in [0, 0.05) is 29.1 Å². The van der Waals surface area contributed by atoms with Crippen LogP contribution in [0.2, 0.25) is 0 Å². The molecule has 7 heteroatoms. The second-order valence-electron chi connectivity index (χ2n) is 4.06. The Hall–Kier alpha value is -1.63. The Morgan fingerprint density at radius 2 is 1.90 bits per heavy atom. The smallest absolute Gasteiger partial charge is 0.381 e. The lowest BCUT2D eigenvalue weighted by molar-refractivity contribution is -0.139. The molecule has 0 spiro atoms. The SMILES string of the molecule is Fc1ccc(NCc2cncc(Br)c2)cc1C(F)(F)F. The maximum Gasteiger partial charge on any atom is 0.419 e. The highest BCUT2D eigenvalue weighted by Crippen LogP contribution is 2.33. The third-order valence-electron chi connectivity index (χ3n) is 2.53. The van der Waals surface area contributed by atoms with E-state index in [4.69, 9.17) is 0 Å². The average Bonchev–Trinajstić information content (AvgIpc) is 2.36. The summed E-state index contributed by atoms with van der Waals surface area (Å²) < 4.78 is 51.6. The van der Waals surface area contributed by atoms with E-state index in [1.54, 1.807) is 18.5 Å². The molecule has 0 atom stereocenters. The molecule has 106 valence electrons. The first-order valence-corrected chi connectivity index (χ1v) is 6.35. The number of hydrogen-bond acceptors (Lipinski definition) is 2. The number of aromatic nitrogens is 1. The lowest BCUT2D eigenvalue weighted by atomic mass is 10.1. The minimum atomic E-state index is -4.71. The van der Waals surface area contributed by atoms with E-state index in [-0.39, 0.29) is 12.2 Å². The predicted octanol–water partition coefficient (Wildman–Crippen LogP) is 4.61. The molecule has 0 saturated carbocycles. The first-order chi connectivity index (χ1) is 9.36. The summed E-state index contributed by atoms with van der Waals surface area (Å²) in [6, 6.07) is 4.59. The zero-order valence-electron chi connectivity index (χ0n) is 10.0. The first-order valence-electron chi connectivity index (χ1n) is 5.56. The molecule has 2 aromatic rings. The Morgan fingerprint density at radius 1 is 1.15 bits per heavy atom. The van der Waals surface area contributed by atoms with E-state index < -0.39 is 17.6 Å². The quantitative estimate of drug-likeness (QED) is 0.819. The fourth-order valence-corrected chi connectivity index (χ4v) is 2.02. The first kappa shape index (κ1) is 14.8. The maximum absolute atomic E-state index is 13.1. The van der Waals surface area contributed by atoms with Crippen LogP contribution in [0.3, 0.4) is 0 Å². The minimum absolute atomic E-state index is 0.193. The van der Waals surface area contributed by atoms with Gasteiger partial charge in [0.05, 0.1) is 5.56 Å². The largest absolute Gasteiger partial charge is 0.419 e. The highest BCUT2D eigenvalue weighted by atomic mass is 79.9. The second kappa shape index (κ2) is 5.78. The van der Waals surface area contributed by atoms with Crippen LogP contribution >= 0.6 is 15.9 Å². The fourth-order valence-electron chi connectivity index (χ4n) is 1.61. The fraction of sp³-hybridized carbons (Fsp3) is 0.154. The summed E-state index contributed by atoms with van der Waals surface area (Å²) in [5.74, 6) is -1.29. The Bertz CT molecular complexity index is 614. The third-order valence-corrected chi connectivity index (χ3v) is 2.96. The van der Waals surface area contributed by atoms with Crippen LogP contribution in [0.1, 0.15) is 11.1 Å². The van der Waals surface area contributed by atoms with E-state index in [2.05, 4.69) is 26.2 Å². The summed E-state index contributed by atoms with van der Waals surface area (Å²) in [7, 11) is 0. The molecule has 0 radical (unpaired) electrons. The van der Waals surface area contributed by atoms with E-state index in [0.29, 0.717) is 0 Å². The highest BCUT2D eigenvalue weighted by molar-refractivity contribution is 9.10. The van der Waals surface area contributed by atoms with Crippen molar-refractivity contribution in [2.45, 2.75) is 12.7 Å². The van der Waals surface area contributed by atoms with Crippen molar-refractivity contribution in [3.8, 4) is 0 Å². The van der Waals surface area contributed by atoms with Crippen molar-refractivity contribution in [1.29, 1.82) is 0 Å². The number of alkyl halides is 3. The van der Waals surface area contributed by atoms with Gasteiger partial charge in [-0.15, -0.1) is 0 Å². The van der Waals surface area contributed by atoms with Gasteiger partial charge in [-0.05, 0) is 45.8 Å². The molecule has 0 saturated heterocycles. The Kier molecular flexibility index (Phi) is 4.27. The van der Waals surface area contributed by atoms with Crippen LogP contribution in [-0.4, -0.2) is 4.98 Å². The normalized spacial score (nSPS) is 11.4. The summed E-state index contributed by atoms with van der Waals surface area (Å²) in [4.78, 5) is 3.94. The highest BCUT2D eigenvalue weighted by Gasteiger charge is 2.34. The van der Waals surface area contributed by atoms with Crippen molar-refractivity contribution in [2.24, 2.45) is 0 Å². The molecule has 1 heterocycles. The molecule has 0 aliphatic carbocycles. The zero-order valence-corrected chi connectivity index (χ0v) is 11.6. The molecule has 0 aliphatic heterocycles. The number of nitrogens with zero attached hydrogens (tertiary/aromatic N) is 1. The van der Waals surface area contributed by atoms with Crippen LogP contribution in [-0.2, 0) is 12.7 Å². The standard InChI is InChI=1S/C13H9BrF4N2/c14-9-3-8(5-19-7-9)6-20-10-1-2-12(15)11(4-10)13(16,17)18/h1-5,7,20H,6H2. The van der Waals surface area contributed by atoms with Crippen LogP contribution < -0.4 is 5.32 Å². The van der Waals surface area contributed by atoms with Gasteiger partial charge in [-0.25, -0.2) is 4.39 Å². The van der Waals surface area contributed by atoms with Gasteiger partial charge in [0.1, 0.15) is 5.82 Å². The molecule has 1 aromatic heterocycles. The van der Waals surface area contributed by atoms with Crippen molar-refractivity contribution in [1.82, 2.24) is 4.98 Å². The summed E-state index contributed by atoms with van der Waals surface area (Å²) in [6.07, 6.45) is -1.52. The predicted molar refractivity (Wildman–Crippen MR) is 70.7 cm³/mol. The van der Waals surface area contributed by atoms with Crippen LogP contribution in [0.15, 0.2) is 41.1 Å². The Labute approximate surface area is 121 Å². The third kappa shape index (κ3) is 3.69. The minimum Gasteiger partial charge on any atom is -0.381 e. The van der Waals surface area contributed by atoms with E-state index in [9.17, 15) is 17.6 Å². The number of anilines is 1. The van der Waals surface area contributed by atoms with Crippen LogP contribution in [0.5, 0.6) is 0 Å². The number of hydrogen-bond donors (Lipinski definition) is 1. The zero-order chi connectivity index (χ0) is 14.8. The van der Waals surface area contributed by atoms with Gasteiger partial charge in [-0.3, -0.25) is 4.98 Å².